The van der Waals surface area contributed by atoms with E-state index in [0.29, 0.717) is 11.4 Å². The van der Waals surface area contributed by atoms with Crippen LogP contribution in [0.4, 0.5) is 0 Å². The molecular formula is C6H5N3O3. The number of ketones is 1. The molecule has 1 aliphatic rings. The fraction of sp³-hybridized carbons (Fsp3) is 0.333. The van der Waals surface area contributed by atoms with Crippen molar-refractivity contribution in [2.24, 2.45) is 5.16 Å². The molecule has 0 fully saturated rings. The minimum Gasteiger partial charge on any atom is -0.411 e. The van der Waals surface area contributed by atoms with E-state index in [1.54, 1.807) is 0 Å². The summed E-state index contributed by atoms with van der Waals surface area (Å²) < 4.78 is 4.40. The fourth-order valence-electron chi connectivity index (χ4n) is 1.14. The number of nitrogens with zero attached hydrogens (tertiary/aromatic N) is 3. The molecule has 0 saturated carbocycles. The standard InChI is InChI=1S/C6H5N3O3/c10-3-1-4(7-11)6-5(2-3)8-12-9-6/h11H,1-2H2/b7-4-. The van der Waals surface area contributed by atoms with Gasteiger partial charge in [0.1, 0.15) is 17.2 Å². The molecule has 0 spiro atoms. The van der Waals surface area contributed by atoms with E-state index in [-0.39, 0.29) is 24.3 Å². The highest BCUT2D eigenvalue weighted by molar-refractivity contribution is 6.13. The second-order valence-corrected chi connectivity index (χ2v) is 2.50. The Morgan fingerprint density at radius 2 is 2.25 bits per heavy atom. The van der Waals surface area contributed by atoms with Gasteiger partial charge in [-0.05, 0) is 5.16 Å². The van der Waals surface area contributed by atoms with Gasteiger partial charge in [-0.3, -0.25) is 4.79 Å². The first-order valence-corrected chi connectivity index (χ1v) is 3.35. The average Bonchev–Trinajstić information content (AvgIpc) is 2.50. The molecule has 1 aliphatic carbocycles. The summed E-state index contributed by atoms with van der Waals surface area (Å²) in [4.78, 5) is 11.0. The van der Waals surface area contributed by atoms with Crippen LogP contribution >= 0.6 is 0 Å². The number of rotatable bonds is 0. The number of fused-ring (bicyclic) bond motifs is 1. The minimum atomic E-state index is -0.0500. The molecule has 0 amide bonds. The Morgan fingerprint density at radius 1 is 1.42 bits per heavy atom. The monoisotopic (exact) mass is 167 g/mol. The highest BCUT2D eigenvalue weighted by Gasteiger charge is 2.26. The van der Waals surface area contributed by atoms with Crippen LogP contribution in [0.3, 0.4) is 0 Å². The Kier molecular flexibility index (Phi) is 1.39. The molecule has 1 aromatic rings. The summed E-state index contributed by atoms with van der Waals surface area (Å²) >= 11 is 0. The zero-order valence-electron chi connectivity index (χ0n) is 6.02. The van der Waals surface area contributed by atoms with E-state index in [2.05, 4.69) is 20.1 Å². The molecule has 1 N–H and O–H groups in total. The van der Waals surface area contributed by atoms with Crippen LogP contribution in [0.1, 0.15) is 17.8 Å². The third-order valence-electron chi connectivity index (χ3n) is 1.68. The second-order valence-electron chi connectivity index (χ2n) is 2.50. The Morgan fingerprint density at radius 3 is 3.00 bits per heavy atom. The topological polar surface area (TPSA) is 88.6 Å². The van der Waals surface area contributed by atoms with Gasteiger partial charge in [-0.1, -0.05) is 10.3 Å². The third kappa shape index (κ3) is 0.884. The number of carbonyl (C=O) groups is 1. The van der Waals surface area contributed by atoms with Crippen molar-refractivity contribution in [1.29, 1.82) is 0 Å². The summed E-state index contributed by atoms with van der Waals surface area (Å²) in [6, 6.07) is 0. The molecule has 0 aliphatic heterocycles. The van der Waals surface area contributed by atoms with Crippen LogP contribution in [0.25, 0.3) is 0 Å². The van der Waals surface area contributed by atoms with Crippen molar-refractivity contribution in [3.8, 4) is 0 Å². The molecule has 6 nitrogen and oxygen atoms in total. The number of carbonyl (C=O) groups excluding carboxylic acids is 1. The van der Waals surface area contributed by atoms with Gasteiger partial charge in [0.05, 0.1) is 12.8 Å². The summed E-state index contributed by atoms with van der Waals surface area (Å²) in [6.45, 7) is 0. The lowest BCUT2D eigenvalue weighted by atomic mass is 9.98. The van der Waals surface area contributed by atoms with Crippen LogP contribution in [0.2, 0.25) is 0 Å². The molecule has 12 heavy (non-hydrogen) atoms. The lowest BCUT2D eigenvalue weighted by molar-refractivity contribution is -0.117. The van der Waals surface area contributed by atoms with Gasteiger partial charge < -0.3 is 5.21 Å². The van der Waals surface area contributed by atoms with Gasteiger partial charge >= 0.3 is 0 Å². The molecule has 0 radical (unpaired) electrons. The van der Waals surface area contributed by atoms with Crippen LogP contribution in [-0.4, -0.2) is 27.0 Å². The van der Waals surface area contributed by atoms with Crippen LogP contribution in [0.5, 0.6) is 0 Å². The molecule has 1 aromatic heterocycles. The van der Waals surface area contributed by atoms with E-state index in [1.165, 1.54) is 0 Å². The van der Waals surface area contributed by atoms with Crippen LogP contribution < -0.4 is 0 Å². The third-order valence-corrected chi connectivity index (χ3v) is 1.68. The molecule has 2 rings (SSSR count). The van der Waals surface area contributed by atoms with E-state index >= 15 is 0 Å². The first-order chi connectivity index (χ1) is 5.81. The van der Waals surface area contributed by atoms with E-state index in [4.69, 9.17) is 5.21 Å². The van der Waals surface area contributed by atoms with Crippen LogP contribution in [0, 0.1) is 0 Å². The zero-order chi connectivity index (χ0) is 8.55. The molecule has 62 valence electrons. The summed E-state index contributed by atoms with van der Waals surface area (Å²) in [5.41, 5.74) is 1.05. The lowest BCUT2D eigenvalue weighted by Gasteiger charge is -2.05. The van der Waals surface area contributed by atoms with Crippen molar-refractivity contribution >= 4 is 11.5 Å². The molecule has 0 saturated heterocycles. The number of hydrogen-bond acceptors (Lipinski definition) is 6. The zero-order valence-corrected chi connectivity index (χ0v) is 6.02. The smallest absolute Gasteiger partial charge is 0.156 e. The molecule has 0 unspecified atom stereocenters. The number of hydrogen-bond donors (Lipinski definition) is 1. The van der Waals surface area contributed by atoms with Gasteiger partial charge in [-0.15, -0.1) is 0 Å². The van der Waals surface area contributed by atoms with Crippen molar-refractivity contribution in [2.75, 3.05) is 0 Å². The predicted octanol–water partition coefficient (Wildman–Crippen LogP) is -0.237. The van der Waals surface area contributed by atoms with Crippen LogP contribution in [-0.2, 0) is 11.2 Å². The van der Waals surface area contributed by atoms with Crippen molar-refractivity contribution in [3.05, 3.63) is 11.4 Å². The average molecular weight is 167 g/mol. The Balaban J connectivity index is 2.52. The molecule has 0 atom stereocenters. The summed E-state index contributed by atoms with van der Waals surface area (Å²) in [5.74, 6) is -0.0500. The Bertz CT molecular complexity index is 355. The SMILES string of the molecule is O=C1C/C(=N/O)c2nonc2C1. The first-order valence-electron chi connectivity index (χ1n) is 3.35. The Labute approximate surface area is 66.8 Å². The Hall–Kier alpha value is -1.72. The molecular weight excluding hydrogens is 162 g/mol. The van der Waals surface area contributed by atoms with E-state index in [1.807, 2.05) is 0 Å². The normalized spacial score (nSPS) is 19.7. The van der Waals surface area contributed by atoms with Gasteiger partial charge in [-0.25, -0.2) is 4.63 Å². The number of oxime groups is 1. The summed E-state index contributed by atoms with van der Waals surface area (Å²) in [6.07, 6.45) is 0.301. The maximum absolute atomic E-state index is 11.0. The molecule has 1 heterocycles. The first kappa shape index (κ1) is 6.96. The fourth-order valence-corrected chi connectivity index (χ4v) is 1.14. The maximum Gasteiger partial charge on any atom is 0.156 e. The van der Waals surface area contributed by atoms with Gasteiger partial charge in [0, 0.05) is 0 Å². The number of Topliss-reactive ketones (excluding diaryl/α,β-unsaturated/α-hetero) is 1. The van der Waals surface area contributed by atoms with Crippen LogP contribution in [0.15, 0.2) is 9.78 Å². The van der Waals surface area contributed by atoms with Crippen molar-refractivity contribution < 1.29 is 14.6 Å². The number of aromatic nitrogens is 2. The predicted molar refractivity (Wildman–Crippen MR) is 35.9 cm³/mol. The largest absolute Gasteiger partial charge is 0.411 e. The second kappa shape index (κ2) is 2.40. The highest BCUT2D eigenvalue weighted by atomic mass is 16.6. The minimum absolute atomic E-state index is 0.0500. The van der Waals surface area contributed by atoms with Gasteiger partial charge in [0.2, 0.25) is 0 Å². The summed E-state index contributed by atoms with van der Waals surface area (Å²) in [5, 5.41) is 18.5. The lowest BCUT2D eigenvalue weighted by Crippen LogP contribution is -2.20. The van der Waals surface area contributed by atoms with Crippen molar-refractivity contribution in [3.63, 3.8) is 0 Å². The molecule has 0 bridgehead atoms. The quantitative estimate of drug-likeness (QED) is 0.425. The van der Waals surface area contributed by atoms with Gasteiger partial charge in [0.15, 0.2) is 5.69 Å². The van der Waals surface area contributed by atoms with Crippen molar-refractivity contribution in [2.45, 2.75) is 12.8 Å². The van der Waals surface area contributed by atoms with E-state index in [9.17, 15) is 4.79 Å². The van der Waals surface area contributed by atoms with Gasteiger partial charge in [0.25, 0.3) is 0 Å². The van der Waals surface area contributed by atoms with E-state index in [0.717, 1.165) is 0 Å². The van der Waals surface area contributed by atoms with E-state index < -0.39 is 0 Å². The van der Waals surface area contributed by atoms with Crippen molar-refractivity contribution in [1.82, 2.24) is 10.3 Å². The van der Waals surface area contributed by atoms with Gasteiger partial charge in [-0.2, -0.15) is 0 Å². The maximum atomic E-state index is 11.0. The molecule has 0 aromatic carbocycles. The highest BCUT2D eigenvalue weighted by Crippen LogP contribution is 2.15. The summed E-state index contributed by atoms with van der Waals surface area (Å²) in [7, 11) is 0. The molecule has 6 heteroatoms.